The summed E-state index contributed by atoms with van der Waals surface area (Å²) in [6.45, 7) is 4.57. The largest absolute Gasteiger partial charge is 0.466 e. The second-order valence-corrected chi connectivity index (χ2v) is 3.62. The summed E-state index contributed by atoms with van der Waals surface area (Å²) >= 11 is 0. The molecule has 12 heavy (non-hydrogen) atoms. The van der Waals surface area contributed by atoms with Gasteiger partial charge in [0.2, 0.25) is 0 Å². The zero-order valence-corrected chi connectivity index (χ0v) is 7.80. The first kappa shape index (κ1) is 9.52. The number of carbonyl (C=O) groups excluding carboxylic acids is 1. The lowest BCUT2D eigenvalue weighted by Gasteiger charge is -2.24. The van der Waals surface area contributed by atoms with Crippen LogP contribution in [0.15, 0.2) is 0 Å². The van der Waals surface area contributed by atoms with Crippen molar-refractivity contribution in [3.05, 3.63) is 0 Å². The van der Waals surface area contributed by atoms with Gasteiger partial charge in [0.15, 0.2) is 0 Å². The van der Waals surface area contributed by atoms with Crippen LogP contribution in [-0.4, -0.2) is 19.1 Å². The quantitative estimate of drug-likeness (QED) is 0.640. The first-order valence-corrected chi connectivity index (χ1v) is 4.52. The minimum absolute atomic E-state index is 0.130. The fourth-order valence-electron chi connectivity index (χ4n) is 1.43. The lowest BCUT2D eigenvalue weighted by Crippen LogP contribution is -2.39. The van der Waals surface area contributed by atoms with Crippen molar-refractivity contribution in [3.8, 4) is 0 Å². The molecule has 1 atom stereocenters. The van der Waals surface area contributed by atoms with E-state index in [-0.39, 0.29) is 5.97 Å². The number of hydrogen-bond donors (Lipinski definition) is 1. The molecule has 0 saturated heterocycles. The molecule has 0 radical (unpaired) electrons. The third kappa shape index (κ3) is 1.61. The average Bonchev–Trinajstić information content (AvgIpc) is 2.86. The van der Waals surface area contributed by atoms with E-state index in [1.54, 1.807) is 0 Å². The zero-order valence-electron chi connectivity index (χ0n) is 7.80. The normalized spacial score (nSPS) is 21.6. The molecule has 1 aliphatic carbocycles. The van der Waals surface area contributed by atoms with E-state index in [1.165, 1.54) is 0 Å². The summed E-state index contributed by atoms with van der Waals surface area (Å²) in [5, 5.41) is 0. The van der Waals surface area contributed by atoms with Gasteiger partial charge in [-0.1, -0.05) is 0 Å². The van der Waals surface area contributed by atoms with E-state index in [2.05, 4.69) is 0 Å². The Kier molecular flexibility index (Phi) is 2.73. The van der Waals surface area contributed by atoms with E-state index in [9.17, 15) is 4.79 Å². The van der Waals surface area contributed by atoms with Gasteiger partial charge in [0, 0.05) is 6.54 Å². The van der Waals surface area contributed by atoms with Crippen LogP contribution in [0.1, 0.15) is 26.7 Å². The summed E-state index contributed by atoms with van der Waals surface area (Å²) in [7, 11) is 0. The van der Waals surface area contributed by atoms with Gasteiger partial charge in [-0.25, -0.2) is 0 Å². The number of carbonyl (C=O) groups is 1. The van der Waals surface area contributed by atoms with Crippen LogP contribution in [-0.2, 0) is 9.53 Å². The molecular formula is C9H17NO2. The van der Waals surface area contributed by atoms with Crippen molar-refractivity contribution in [1.82, 2.24) is 0 Å². The molecular weight excluding hydrogens is 154 g/mol. The van der Waals surface area contributed by atoms with E-state index in [1.807, 2.05) is 13.8 Å². The first-order valence-electron chi connectivity index (χ1n) is 4.52. The molecule has 0 heterocycles. The van der Waals surface area contributed by atoms with E-state index in [4.69, 9.17) is 10.5 Å². The molecule has 0 aliphatic heterocycles. The van der Waals surface area contributed by atoms with Crippen LogP contribution in [0.3, 0.4) is 0 Å². The topological polar surface area (TPSA) is 52.3 Å². The summed E-state index contributed by atoms with van der Waals surface area (Å²) in [6, 6.07) is 0. The summed E-state index contributed by atoms with van der Waals surface area (Å²) < 4.78 is 4.98. The standard InChI is InChI=1S/C9H17NO2/c1-3-12-8(11)9(2,6-10)7-4-5-7/h7H,3-6,10H2,1-2H3. The molecule has 3 heteroatoms. The van der Waals surface area contributed by atoms with Gasteiger partial charge in [-0.05, 0) is 32.6 Å². The maximum absolute atomic E-state index is 11.5. The second kappa shape index (κ2) is 3.44. The predicted molar refractivity (Wildman–Crippen MR) is 46.5 cm³/mol. The van der Waals surface area contributed by atoms with Gasteiger partial charge in [-0.2, -0.15) is 0 Å². The van der Waals surface area contributed by atoms with Crippen LogP contribution in [0.25, 0.3) is 0 Å². The van der Waals surface area contributed by atoms with Gasteiger partial charge < -0.3 is 10.5 Å². The number of esters is 1. The Hall–Kier alpha value is -0.570. The molecule has 0 aromatic heterocycles. The first-order chi connectivity index (χ1) is 5.65. The predicted octanol–water partition coefficient (Wildman–Crippen LogP) is 0.924. The molecule has 1 fully saturated rings. The molecule has 2 N–H and O–H groups in total. The molecule has 0 amide bonds. The van der Waals surface area contributed by atoms with E-state index < -0.39 is 5.41 Å². The second-order valence-electron chi connectivity index (χ2n) is 3.62. The average molecular weight is 171 g/mol. The van der Waals surface area contributed by atoms with E-state index >= 15 is 0 Å². The van der Waals surface area contributed by atoms with Gasteiger partial charge >= 0.3 is 5.97 Å². The Morgan fingerprint density at radius 1 is 1.67 bits per heavy atom. The number of nitrogens with two attached hydrogens (primary N) is 1. The molecule has 0 bridgehead atoms. The lowest BCUT2D eigenvalue weighted by atomic mass is 9.85. The van der Waals surface area contributed by atoms with Crippen LogP contribution in [0.2, 0.25) is 0 Å². The highest BCUT2D eigenvalue weighted by Crippen LogP contribution is 2.45. The molecule has 0 aromatic rings. The van der Waals surface area contributed by atoms with Gasteiger partial charge in [0.05, 0.1) is 12.0 Å². The van der Waals surface area contributed by atoms with Crippen molar-refractivity contribution in [2.75, 3.05) is 13.2 Å². The van der Waals surface area contributed by atoms with Crippen LogP contribution in [0, 0.1) is 11.3 Å². The molecule has 1 aliphatic rings. The maximum Gasteiger partial charge on any atom is 0.313 e. The molecule has 70 valence electrons. The molecule has 1 rings (SSSR count). The molecule has 0 spiro atoms. The van der Waals surface area contributed by atoms with Crippen molar-refractivity contribution in [1.29, 1.82) is 0 Å². The van der Waals surface area contributed by atoms with E-state index in [0.717, 1.165) is 12.8 Å². The lowest BCUT2D eigenvalue weighted by molar-refractivity contribution is -0.155. The van der Waals surface area contributed by atoms with E-state index in [0.29, 0.717) is 19.1 Å². The van der Waals surface area contributed by atoms with Crippen molar-refractivity contribution in [3.63, 3.8) is 0 Å². The van der Waals surface area contributed by atoms with Crippen LogP contribution < -0.4 is 5.73 Å². The summed E-state index contributed by atoms with van der Waals surface area (Å²) in [6.07, 6.45) is 2.24. The van der Waals surface area contributed by atoms with Crippen molar-refractivity contribution < 1.29 is 9.53 Å². The van der Waals surface area contributed by atoms with Crippen LogP contribution in [0.4, 0.5) is 0 Å². The Morgan fingerprint density at radius 2 is 2.25 bits per heavy atom. The molecule has 3 nitrogen and oxygen atoms in total. The maximum atomic E-state index is 11.5. The fraction of sp³-hybridized carbons (Fsp3) is 0.889. The highest BCUT2D eigenvalue weighted by molar-refractivity contribution is 5.77. The Morgan fingerprint density at radius 3 is 2.58 bits per heavy atom. The highest BCUT2D eigenvalue weighted by Gasteiger charge is 2.47. The molecule has 1 unspecified atom stereocenters. The summed E-state index contributed by atoms with van der Waals surface area (Å²) in [4.78, 5) is 11.5. The van der Waals surface area contributed by atoms with Gasteiger partial charge in [0.25, 0.3) is 0 Å². The minimum Gasteiger partial charge on any atom is -0.466 e. The Balaban J connectivity index is 2.58. The van der Waals surface area contributed by atoms with Crippen molar-refractivity contribution in [2.24, 2.45) is 17.1 Å². The summed E-state index contributed by atoms with van der Waals surface area (Å²) in [5.74, 6) is 0.330. The number of ether oxygens (including phenoxy) is 1. The molecule has 1 saturated carbocycles. The van der Waals surface area contributed by atoms with Crippen molar-refractivity contribution >= 4 is 5.97 Å². The van der Waals surface area contributed by atoms with Crippen LogP contribution >= 0.6 is 0 Å². The van der Waals surface area contributed by atoms with Gasteiger partial charge in [-0.15, -0.1) is 0 Å². The summed E-state index contributed by atoms with van der Waals surface area (Å²) in [5.41, 5.74) is 5.16. The minimum atomic E-state index is -0.421. The van der Waals surface area contributed by atoms with Crippen molar-refractivity contribution in [2.45, 2.75) is 26.7 Å². The Labute approximate surface area is 73.3 Å². The SMILES string of the molecule is CCOC(=O)C(C)(CN)C1CC1. The number of hydrogen-bond acceptors (Lipinski definition) is 3. The fourth-order valence-corrected chi connectivity index (χ4v) is 1.43. The smallest absolute Gasteiger partial charge is 0.313 e. The van der Waals surface area contributed by atoms with Gasteiger partial charge in [-0.3, -0.25) is 4.79 Å². The molecule has 0 aromatic carbocycles. The Bertz CT molecular complexity index is 177. The zero-order chi connectivity index (χ0) is 9.19. The van der Waals surface area contributed by atoms with Gasteiger partial charge in [0.1, 0.15) is 0 Å². The highest BCUT2D eigenvalue weighted by atomic mass is 16.5. The number of rotatable bonds is 4. The monoisotopic (exact) mass is 171 g/mol. The van der Waals surface area contributed by atoms with Crippen LogP contribution in [0.5, 0.6) is 0 Å². The third-order valence-electron chi connectivity index (χ3n) is 2.64. The third-order valence-corrected chi connectivity index (χ3v) is 2.64.